The van der Waals surface area contributed by atoms with Gasteiger partial charge in [-0.1, -0.05) is 0 Å². The number of hydrogen-bond acceptors (Lipinski definition) is 7. The Hall–Kier alpha value is -2.66. The zero-order valence-corrected chi connectivity index (χ0v) is 19.3. The molecule has 3 aromatic rings. The molecule has 2 aromatic carbocycles. The van der Waals surface area contributed by atoms with E-state index < -0.39 is 10.0 Å². The summed E-state index contributed by atoms with van der Waals surface area (Å²) in [6, 6.07) is 10.5. The van der Waals surface area contributed by atoms with Crippen molar-refractivity contribution < 1.29 is 18.3 Å². The van der Waals surface area contributed by atoms with Crippen LogP contribution < -0.4 is 4.90 Å². The summed E-state index contributed by atoms with van der Waals surface area (Å²) in [5, 5.41) is 10.5. The van der Waals surface area contributed by atoms with Crippen molar-refractivity contribution in [3.8, 4) is 17.1 Å². The van der Waals surface area contributed by atoms with E-state index in [-0.39, 0.29) is 10.6 Å². The third kappa shape index (κ3) is 3.48. The molecule has 3 fully saturated rings. The van der Waals surface area contributed by atoms with Crippen molar-refractivity contribution in [1.29, 1.82) is 0 Å². The smallest absolute Gasteiger partial charge is 0.243 e. The van der Waals surface area contributed by atoms with Gasteiger partial charge in [0.25, 0.3) is 0 Å². The lowest BCUT2D eigenvalue weighted by molar-refractivity contribution is -0.00237. The molecule has 0 saturated carbocycles. The van der Waals surface area contributed by atoms with Gasteiger partial charge in [0.2, 0.25) is 10.0 Å². The van der Waals surface area contributed by atoms with Gasteiger partial charge in [-0.05, 0) is 43.4 Å². The van der Waals surface area contributed by atoms with Gasteiger partial charge < -0.3 is 24.6 Å². The minimum Gasteiger partial charge on any atom is -0.507 e. The normalized spacial score (nSPS) is 21.3. The zero-order chi connectivity index (χ0) is 22.8. The molecule has 1 aromatic heterocycles. The first-order valence-electron chi connectivity index (χ1n) is 11.2. The third-order valence-corrected chi connectivity index (χ3v) is 8.82. The quantitative estimate of drug-likeness (QED) is 0.600. The van der Waals surface area contributed by atoms with Gasteiger partial charge in [-0.25, -0.2) is 13.4 Å². The van der Waals surface area contributed by atoms with E-state index in [1.165, 1.54) is 22.5 Å². The van der Waals surface area contributed by atoms with Crippen LogP contribution in [0.3, 0.4) is 0 Å². The maximum atomic E-state index is 13.1. The van der Waals surface area contributed by atoms with Gasteiger partial charge in [-0.15, -0.1) is 0 Å². The van der Waals surface area contributed by atoms with E-state index in [0.717, 1.165) is 42.9 Å². The lowest BCUT2D eigenvalue weighted by atomic mass is 9.73. The summed E-state index contributed by atoms with van der Waals surface area (Å²) in [4.78, 5) is 12.8. The number of rotatable bonds is 4. The molecule has 9 nitrogen and oxygen atoms in total. The predicted molar refractivity (Wildman–Crippen MR) is 125 cm³/mol. The number of fused-ring (bicyclic) bond motifs is 1. The average molecular weight is 470 g/mol. The van der Waals surface area contributed by atoms with Crippen molar-refractivity contribution in [3.63, 3.8) is 0 Å². The van der Waals surface area contributed by atoms with Crippen molar-refractivity contribution in [2.24, 2.45) is 5.41 Å². The fraction of sp³-hybridized carbons (Fsp3) is 0.435. The number of phenolic OH excluding ortho intramolecular Hbond substituents is 1. The van der Waals surface area contributed by atoms with Gasteiger partial charge in [0.05, 0.1) is 34.7 Å². The van der Waals surface area contributed by atoms with Crippen molar-refractivity contribution in [3.05, 3.63) is 36.4 Å². The topological polar surface area (TPSA) is 102 Å². The molecule has 1 spiro atoms. The second-order valence-electron chi connectivity index (χ2n) is 9.51. The highest BCUT2D eigenvalue weighted by Gasteiger charge is 2.50. The van der Waals surface area contributed by atoms with Crippen LogP contribution in [-0.2, 0) is 14.8 Å². The van der Waals surface area contributed by atoms with Crippen molar-refractivity contribution >= 4 is 26.7 Å². The van der Waals surface area contributed by atoms with E-state index in [4.69, 9.17) is 4.74 Å². The molecule has 0 aliphatic carbocycles. The van der Waals surface area contributed by atoms with Crippen LogP contribution in [0.25, 0.3) is 22.4 Å². The van der Waals surface area contributed by atoms with Crippen molar-refractivity contribution in [2.75, 3.05) is 64.4 Å². The molecule has 0 bridgehead atoms. The highest BCUT2D eigenvalue weighted by atomic mass is 32.2. The van der Waals surface area contributed by atoms with Crippen LogP contribution in [0.2, 0.25) is 0 Å². The van der Waals surface area contributed by atoms with E-state index in [2.05, 4.69) is 38.9 Å². The van der Waals surface area contributed by atoms with E-state index in [1.807, 2.05) is 6.07 Å². The molecule has 3 aliphatic rings. The number of hydrogen-bond donors (Lipinski definition) is 2. The number of aromatic amines is 1. The first kappa shape index (κ1) is 20.9. The summed E-state index contributed by atoms with van der Waals surface area (Å²) >= 11 is 0. The number of aromatic nitrogens is 2. The number of benzene rings is 2. The molecule has 0 amide bonds. The standard InChI is InChI=1S/C23H27N5O4S/c1-26-12-23(13-26)14-27(15-23)16-2-4-19-20(10-16)25-22(24-19)18-11-17(3-5-21(18)29)33(30,31)28-6-8-32-9-7-28/h2-5,10-11,29H,6-9,12-15H2,1H3,(H,24,25). The Labute approximate surface area is 192 Å². The molecule has 0 atom stereocenters. The summed E-state index contributed by atoms with van der Waals surface area (Å²) in [5.41, 5.74) is 3.57. The Morgan fingerprint density at radius 3 is 2.55 bits per heavy atom. The molecule has 6 rings (SSSR count). The summed E-state index contributed by atoms with van der Waals surface area (Å²) in [5.74, 6) is 0.424. The van der Waals surface area contributed by atoms with Gasteiger partial charge in [0.15, 0.2) is 0 Å². The number of morpholine rings is 1. The van der Waals surface area contributed by atoms with Crippen molar-refractivity contribution in [1.82, 2.24) is 19.2 Å². The van der Waals surface area contributed by atoms with Gasteiger partial charge in [-0.3, -0.25) is 0 Å². The van der Waals surface area contributed by atoms with Gasteiger partial charge >= 0.3 is 0 Å². The Bertz CT molecular complexity index is 1320. The van der Waals surface area contributed by atoms with Crippen LogP contribution in [0, 0.1) is 5.41 Å². The molecule has 0 radical (unpaired) electrons. The summed E-state index contributed by atoms with van der Waals surface area (Å²) in [6.07, 6.45) is 0. The Kier molecular flexibility index (Phi) is 4.70. The molecular weight excluding hydrogens is 442 g/mol. The number of likely N-dealkylation sites (tertiary alicyclic amines) is 1. The Morgan fingerprint density at radius 2 is 1.82 bits per heavy atom. The summed E-state index contributed by atoms with van der Waals surface area (Å²) < 4.78 is 32.8. The van der Waals surface area contributed by atoms with E-state index in [9.17, 15) is 13.5 Å². The molecule has 33 heavy (non-hydrogen) atoms. The monoisotopic (exact) mass is 469 g/mol. The molecule has 3 saturated heterocycles. The number of H-pyrrole nitrogens is 1. The zero-order valence-electron chi connectivity index (χ0n) is 18.5. The maximum absolute atomic E-state index is 13.1. The number of aromatic hydroxyl groups is 1. The predicted octanol–water partition coefficient (Wildman–Crippen LogP) is 1.71. The molecule has 4 heterocycles. The average Bonchev–Trinajstić information content (AvgIpc) is 3.19. The molecule has 3 aliphatic heterocycles. The lowest BCUT2D eigenvalue weighted by Gasteiger charge is -2.60. The molecular formula is C23H27N5O4S. The van der Waals surface area contributed by atoms with Crippen LogP contribution in [0.1, 0.15) is 0 Å². The van der Waals surface area contributed by atoms with Gasteiger partial charge in [0, 0.05) is 50.4 Å². The van der Waals surface area contributed by atoms with Gasteiger partial charge in [-0.2, -0.15) is 4.31 Å². The number of phenols is 1. The number of sulfonamides is 1. The lowest BCUT2D eigenvalue weighted by Crippen LogP contribution is -2.71. The fourth-order valence-corrected chi connectivity index (χ4v) is 6.80. The van der Waals surface area contributed by atoms with Gasteiger partial charge in [0.1, 0.15) is 11.6 Å². The van der Waals surface area contributed by atoms with E-state index >= 15 is 0 Å². The highest BCUT2D eigenvalue weighted by molar-refractivity contribution is 7.89. The van der Waals surface area contributed by atoms with Crippen LogP contribution in [0.4, 0.5) is 5.69 Å². The Balaban J connectivity index is 1.29. The minimum absolute atomic E-state index is 0.0194. The number of ether oxygens (including phenoxy) is 1. The minimum atomic E-state index is -3.67. The second-order valence-corrected chi connectivity index (χ2v) is 11.4. The van der Waals surface area contributed by atoms with Crippen molar-refractivity contribution in [2.45, 2.75) is 4.90 Å². The van der Waals surface area contributed by atoms with Crippen LogP contribution >= 0.6 is 0 Å². The number of anilines is 1. The van der Waals surface area contributed by atoms with Crippen LogP contribution in [0.15, 0.2) is 41.3 Å². The number of nitrogens with zero attached hydrogens (tertiary/aromatic N) is 4. The first-order chi connectivity index (χ1) is 15.8. The molecule has 174 valence electrons. The van der Waals surface area contributed by atoms with E-state index in [0.29, 0.717) is 43.1 Å². The highest BCUT2D eigenvalue weighted by Crippen LogP contribution is 2.41. The SMILES string of the molecule is CN1CC2(C1)CN(c1ccc3[nH]c(-c4cc(S(=O)(=O)N5CCOCC5)ccc4O)nc3c1)C2. The third-order valence-electron chi connectivity index (χ3n) is 6.93. The maximum Gasteiger partial charge on any atom is 0.243 e. The summed E-state index contributed by atoms with van der Waals surface area (Å²) in [7, 11) is -1.52. The van der Waals surface area contributed by atoms with E-state index in [1.54, 1.807) is 0 Å². The fourth-order valence-electron chi connectivity index (χ4n) is 5.36. The Morgan fingerprint density at radius 1 is 1.06 bits per heavy atom. The molecule has 2 N–H and O–H groups in total. The molecule has 10 heteroatoms. The largest absolute Gasteiger partial charge is 0.507 e. The second kappa shape index (κ2) is 7.42. The number of imidazole rings is 1. The molecule has 0 unspecified atom stereocenters. The first-order valence-corrected chi connectivity index (χ1v) is 12.6. The summed E-state index contributed by atoms with van der Waals surface area (Å²) in [6.45, 7) is 5.82. The van der Waals surface area contributed by atoms with Crippen LogP contribution in [0.5, 0.6) is 5.75 Å². The van der Waals surface area contributed by atoms with Crippen LogP contribution in [-0.4, -0.2) is 92.2 Å². The number of nitrogens with one attached hydrogen (secondary N) is 1.